The van der Waals surface area contributed by atoms with E-state index < -0.39 is 85.6 Å². The van der Waals surface area contributed by atoms with Gasteiger partial charge in [-0.1, -0.05) is 75.6 Å². The molecule has 0 aromatic rings. The van der Waals surface area contributed by atoms with E-state index in [-0.39, 0.29) is 60.5 Å². The molecular formula is C52H81NO13P+. The Hall–Kier alpha value is -3.23. The minimum atomic E-state index is -2.43. The number of ketones is 3. The zero-order valence-corrected chi connectivity index (χ0v) is 42.9. The van der Waals surface area contributed by atoms with Crippen molar-refractivity contribution in [2.75, 3.05) is 34.5 Å². The maximum Gasteiger partial charge on any atom is 0.341 e. The lowest BCUT2D eigenvalue weighted by Gasteiger charge is -2.42. The van der Waals surface area contributed by atoms with Gasteiger partial charge in [0, 0.05) is 58.5 Å². The van der Waals surface area contributed by atoms with E-state index in [9.17, 15) is 38.8 Å². The zero-order chi connectivity index (χ0) is 49.7. The van der Waals surface area contributed by atoms with E-state index in [1.807, 2.05) is 58.1 Å². The van der Waals surface area contributed by atoms with Crippen molar-refractivity contribution < 1.29 is 62.4 Å². The van der Waals surface area contributed by atoms with Crippen molar-refractivity contribution >= 4 is 37.0 Å². The Kier molecular flexibility index (Phi) is 22.0. The molecule has 16 atom stereocenters. The second kappa shape index (κ2) is 26.1. The maximum absolute atomic E-state index is 14.4. The van der Waals surface area contributed by atoms with Crippen molar-refractivity contribution in [1.82, 2.24) is 4.90 Å². The molecule has 15 heteroatoms. The molecule has 67 heavy (non-hydrogen) atoms. The lowest BCUT2D eigenvalue weighted by atomic mass is 9.79. The van der Waals surface area contributed by atoms with Gasteiger partial charge in [0.05, 0.1) is 18.3 Å². The quantitative estimate of drug-likeness (QED) is 0.144. The zero-order valence-electron chi connectivity index (χ0n) is 42.0. The number of carbonyl (C=O) groups is 5. The number of hydrogen-bond acceptors (Lipinski definition) is 13. The first-order chi connectivity index (χ1) is 31.7. The molecule has 1 amide bonds. The Morgan fingerprint density at radius 2 is 1.61 bits per heavy atom. The number of aliphatic hydroxyl groups is 2. The van der Waals surface area contributed by atoms with Crippen LogP contribution in [0.3, 0.4) is 0 Å². The molecule has 3 fully saturated rings. The fourth-order valence-corrected chi connectivity index (χ4v) is 11.8. The Morgan fingerprint density at radius 3 is 2.27 bits per heavy atom. The molecule has 1 aliphatic carbocycles. The van der Waals surface area contributed by atoms with Crippen LogP contribution >= 0.6 is 7.80 Å². The van der Waals surface area contributed by atoms with Crippen LogP contribution in [-0.2, 0) is 52.2 Å². The van der Waals surface area contributed by atoms with E-state index in [0.29, 0.717) is 56.9 Å². The van der Waals surface area contributed by atoms with Crippen LogP contribution in [0.15, 0.2) is 47.6 Å². The van der Waals surface area contributed by atoms with Gasteiger partial charge < -0.3 is 38.8 Å². The van der Waals surface area contributed by atoms with Crippen LogP contribution < -0.4 is 0 Å². The van der Waals surface area contributed by atoms with Crippen molar-refractivity contribution in [2.45, 2.75) is 180 Å². The molecule has 3 aliphatic heterocycles. The number of Topliss-reactive ketones (excluding diaryl/α,β-unsaturated/α-hetero) is 3. The number of cyclic esters (lactones) is 1. The molecule has 0 aromatic carbocycles. The first kappa shape index (κ1) is 56.4. The number of rotatable bonds is 7. The average molecular weight is 959 g/mol. The smallest absolute Gasteiger partial charge is 0.341 e. The number of aliphatic hydroxyl groups excluding tert-OH is 1. The average Bonchev–Trinajstić information content (AvgIpc) is 3.30. The third-order valence-electron chi connectivity index (χ3n) is 15.0. The molecule has 0 aromatic heterocycles. The summed E-state index contributed by atoms with van der Waals surface area (Å²) in [6.45, 7) is 14.5. The number of amides is 1. The summed E-state index contributed by atoms with van der Waals surface area (Å²) in [6.07, 6.45) is 12.3. The van der Waals surface area contributed by atoms with Gasteiger partial charge in [0.2, 0.25) is 5.79 Å². The number of hydrogen-bond donors (Lipinski definition) is 2. The van der Waals surface area contributed by atoms with Crippen molar-refractivity contribution in [2.24, 2.45) is 35.5 Å². The van der Waals surface area contributed by atoms with Gasteiger partial charge in [0.25, 0.3) is 11.7 Å². The molecule has 5 unspecified atom stereocenters. The predicted octanol–water partition coefficient (Wildman–Crippen LogP) is 7.65. The Balaban J connectivity index is 1.71. The number of carbonyl (C=O) groups excluding carboxylic acids is 5. The van der Waals surface area contributed by atoms with Gasteiger partial charge in [0.1, 0.15) is 31.0 Å². The third kappa shape index (κ3) is 14.9. The summed E-state index contributed by atoms with van der Waals surface area (Å²) in [5.41, 5.74) is 1.14. The lowest BCUT2D eigenvalue weighted by molar-refractivity contribution is -0.265. The lowest BCUT2D eigenvalue weighted by Crippen LogP contribution is -2.61. The minimum Gasteiger partial charge on any atom is -0.460 e. The maximum atomic E-state index is 14.4. The Bertz CT molecular complexity index is 1860. The van der Waals surface area contributed by atoms with Crippen molar-refractivity contribution in [3.8, 4) is 0 Å². The molecule has 14 nitrogen and oxygen atoms in total. The summed E-state index contributed by atoms with van der Waals surface area (Å²) in [6, 6.07) is -1.15. The van der Waals surface area contributed by atoms with Crippen LogP contribution in [0.25, 0.3) is 0 Å². The number of methoxy groups -OCH3 is 3. The number of ether oxygens (including phenoxy) is 5. The van der Waals surface area contributed by atoms with Crippen LogP contribution in [0.4, 0.5) is 0 Å². The van der Waals surface area contributed by atoms with E-state index in [2.05, 4.69) is 0 Å². The highest BCUT2D eigenvalue weighted by Crippen LogP contribution is 2.42. The summed E-state index contributed by atoms with van der Waals surface area (Å²) in [7, 11) is 3.14. The van der Waals surface area contributed by atoms with E-state index in [4.69, 9.17) is 23.7 Å². The second-order valence-electron chi connectivity index (χ2n) is 20.1. The highest BCUT2D eigenvalue weighted by Gasteiger charge is 2.53. The topological polar surface area (TPSA) is 192 Å². The normalized spacial score (nSPS) is 37.3. The van der Waals surface area contributed by atoms with Crippen LogP contribution in [0, 0.1) is 35.5 Å². The van der Waals surface area contributed by atoms with Crippen LogP contribution in [0.2, 0.25) is 0 Å². The van der Waals surface area contributed by atoms with Gasteiger partial charge in [-0.15, -0.1) is 0 Å². The summed E-state index contributed by atoms with van der Waals surface area (Å²) in [5, 5.41) is 23.4. The van der Waals surface area contributed by atoms with Gasteiger partial charge in [-0.2, -0.15) is 0 Å². The summed E-state index contributed by atoms with van der Waals surface area (Å²) in [5.74, 6) is -7.92. The van der Waals surface area contributed by atoms with Gasteiger partial charge in [-0.3, -0.25) is 19.2 Å². The molecule has 4 aliphatic rings. The van der Waals surface area contributed by atoms with Crippen LogP contribution in [0.1, 0.15) is 126 Å². The summed E-state index contributed by atoms with van der Waals surface area (Å²) in [4.78, 5) is 72.0. The molecule has 0 spiro atoms. The molecule has 0 radical (unpaired) electrons. The Morgan fingerprint density at radius 1 is 0.896 bits per heavy atom. The van der Waals surface area contributed by atoms with E-state index in [0.717, 1.165) is 18.4 Å². The van der Waals surface area contributed by atoms with Crippen molar-refractivity contribution in [3.63, 3.8) is 0 Å². The first-order valence-electron chi connectivity index (χ1n) is 24.6. The van der Waals surface area contributed by atoms with E-state index in [1.165, 1.54) is 12.0 Å². The third-order valence-corrected chi connectivity index (χ3v) is 16.5. The number of piperidine rings is 1. The molecule has 4 rings (SSSR count). The molecule has 2 bridgehead atoms. The fourth-order valence-electron chi connectivity index (χ4n) is 10.6. The summed E-state index contributed by atoms with van der Waals surface area (Å²) >= 11 is 0. The number of allylic oxidation sites excluding steroid dienone is 6. The molecular weight excluding hydrogens is 878 g/mol. The van der Waals surface area contributed by atoms with Crippen LogP contribution in [-0.4, -0.2) is 133 Å². The highest BCUT2D eigenvalue weighted by atomic mass is 31.1. The summed E-state index contributed by atoms with van der Waals surface area (Å²) < 4.78 is 42.2. The SMILES string of the molecule is CO[C@H]1C[C@@H]2CC[C@@H](C)[C@@](O)(O2)C(=O)C(=O)N2CCCC[C@H]2C(=O)OC([C@H](C)CC2CCC([P+](C)=O)[C@H](OC)C2)CC(=O)C(C)=CC(C)[C@@H](O)[C@@H](OC)C(=O)[C@H](C)C[C@H](C)C=CC=CC=C1C. The number of esters is 1. The van der Waals surface area contributed by atoms with Crippen LogP contribution in [0.5, 0.6) is 0 Å². The van der Waals surface area contributed by atoms with E-state index >= 15 is 0 Å². The van der Waals surface area contributed by atoms with Gasteiger partial charge in [-0.05, 0) is 107 Å². The monoisotopic (exact) mass is 959 g/mol. The predicted molar refractivity (Wildman–Crippen MR) is 256 cm³/mol. The number of nitrogens with zero attached hydrogens (tertiary/aromatic N) is 1. The van der Waals surface area contributed by atoms with Crippen molar-refractivity contribution in [3.05, 3.63) is 47.6 Å². The molecule has 1 saturated carbocycles. The van der Waals surface area contributed by atoms with Gasteiger partial charge in [-0.25, -0.2) is 4.79 Å². The van der Waals surface area contributed by atoms with Crippen molar-refractivity contribution in [1.29, 1.82) is 0 Å². The molecule has 2 saturated heterocycles. The largest absolute Gasteiger partial charge is 0.460 e. The minimum absolute atomic E-state index is 0.0198. The van der Waals surface area contributed by atoms with Gasteiger partial charge >= 0.3 is 13.8 Å². The molecule has 376 valence electrons. The standard InChI is InChI=1S/C52H81NO13P/c1-31-17-13-12-14-18-32(2)42(62-8)29-39-22-20-37(7)52(60,66-39)49(57)50(58)53-24-16-15-19-40(53)51(59)65-43(34(4)27-38-21-23-45(67(11)61)44(28-38)63-9)30-41(54)33(3)26-36(6)47(56)48(64-10)46(55)35(5)25-31/h12-14,17-18,26,31,34-40,42-45,47-48,56,60H,15-16,19-25,27-30H2,1-11H3/q+1/t31-,34-,35-,36?,37-,38?,39+,40+,42+,43?,44-,45?,47-,48+,52-/m1/s1. The molecule has 2 N–H and O–H groups in total. The fraction of sp³-hybridized carbons (Fsp3) is 0.750. The van der Waals surface area contributed by atoms with Gasteiger partial charge in [0.15, 0.2) is 17.2 Å². The first-order valence-corrected chi connectivity index (χ1v) is 26.3. The second-order valence-corrected chi connectivity index (χ2v) is 21.9. The molecule has 3 heterocycles. The Labute approximate surface area is 400 Å². The van der Waals surface area contributed by atoms with E-state index in [1.54, 1.807) is 47.7 Å². The highest BCUT2D eigenvalue weighted by molar-refractivity contribution is 7.44. The number of fused-ring (bicyclic) bond motifs is 3.